The van der Waals surface area contributed by atoms with Crippen molar-refractivity contribution in [1.82, 2.24) is 9.97 Å². The lowest BCUT2D eigenvalue weighted by molar-refractivity contribution is 0.0131. The van der Waals surface area contributed by atoms with Gasteiger partial charge in [-0.2, -0.15) is 0 Å². The monoisotopic (exact) mass is 226 g/mol. The zero-order valence-electron chi connectivity index (χ0n) is 9.56. The quantitative estimate of drug-likeness (QED) is 0.548. The highest BCUT2D eigenvalue weighted by Gasteiger charge is 2.18. The van der Waals surface area contributed by atoms with Crippen LogP contribution in [0.2, 0.25) is 0 Å². The van der Waals surface area contributed by atoms with Gasteiger partial charge in [-0.05, 0) is 13.8 Å². The SMILES string of the molecule is CCNc1cncc(NCC(C)(O)CO)n1. The van der Waals surface area contributed by atoms with Crippen molar-refractivity contribution in [3.63, 3.8) is 0 Å². The molecule has 0 fully saturated rings. The van der Waals surface area contributed by atoms with Crippen LogP contribution in [0.3, 0.4) is 0 Å². The normalized spacial score (nSPS) is 14.2. The standard InChI is InChI=1S/C10H18N4O2/c1-3-12-8-4-11-5-9(14-8)13-6-10(2,16)7-15/h4-5,15-16H,3,6-7H2,1-2H3,(H2,12,13,14). The summed E-state index contributed by atoms with van der Waals surface area (Å²) in [7, 11) is 0. The van der Waals surface area contributed by atoms with Crippen LogP contribution in [0.15, 0.2) is 12.4 Å². The summed E-state index contributed by atoms with van der Waals surface area (Å²) in [5.41, 5.74) is -1.16. The molecule has 16 heavy (non-hydrogen) atoms. The van der Waals surface area contributed by atoms with Gasteiger partial charge in [0.05, 0.1) is 19.0 Å². The molecule has 1 heterocycles. The van der Waals surface area contributed by atoms with Crippen molar-refractivity contribution in [2.45, 2.75) is 19.4 Å². The maximum atomic E-state index is 9.58. The Balaban J connectivity index is 2.57. The van der Waals surface area contributed by atoms with Gasteiger partial charge in [-0.15, -0.1) is 0 Å². The fourth-order valence-corrected chi connectivity index (χ4v) is 1.05. The van der Waals surface area contributed by atoms with Gasteiger partial charge in [0.2, 0.25) is 0 Å². The number of aliphatic hydroxyl groups excluding tert-OH is 1. The van der Waals surface area contributed by atoms with Crippen LogP contribution in [0.1, 0.15) is 13.8 Å². The van der Waals surface area contributed by atoms with E-state index in [2.05, 4.69) is 20.6 Å². The molecule has 0 aliphatic heterocycles. The van der Waals surface area contributed by atoms with Crippen molar-refractivity contribution < 1.29 is 10.2 Å². The van der Waals surface area contributed by atoms with Crippen LogP contribution in [0.4, 0.5) is 11.6 Å². The minimum Gasteiger partial charge on any atom is -0.393 e. The van der Waals surface area contributed by atoms with Gasteiger partial charge in [0.1, 0.15) is 17.2 Å². The van der Waals surface area contributed by atoms with E-state index in [1.54, 1.807) is 19.3 Å². The van der Waals surface area contributed by atoms with Gasteiger partial charge in [-0.25, -0.2) is 4.98 Å². The number of aromatic nitrogens is 2. The Hall–Kier alpha value is -1.40. The molecule has 1 atom stereocenters. The van der Waals surface area contributed by atoms with E-state index in [-0.39, 0.29) is 13.2 Å². The number of anilines is 2. The van der Waals surface area contributed by atoms with E-state index in [1.807, 2.05) is 6.92 Å². The third-order valence-electron chi connectivity index (χ3n) is 1.98. The first-order valence-corrected chi connectivity index (χ1v) is 5.20. The van der Waals surface area contributed by atoms with E-state index >= 15 is 0 Å². The Morgan fingerprint density at radius 3 is 2.50 bits per heavy atom. The van der Waals surface area contributed by atoms with E-state index in [9.17, 15) is 5.11 Å². The van der Waals surface area contributed by atoms with Crippen molar-refractivity contribution in [1.29, 1.82) is 0 Å². The molecule has 1 rings (SSSR count). The number of hydrogen-bond acceptors (Lipinski definition) is 6. The molecule has 0 bridgehead atoms. The molecule has 90 valence electrons. The molecule has 0 aliphatic carbocycles. The molecule has 0 amide bonds. The predicted molar refractivity (Wildman–Crippen MR) is 62.4 cm³/mol. The highest BCUT2D eigenvalue weighted by atomic mass is 16.3. The van der Waals surface area contributed by atoms with Crippen molar-refractivity contribution >= 4 is 11.6 Å². The largest absolute Gasteiger partial charge is 0.393 e. The number of nitrogens with one attached hydrogen (secondary N) is 2. The van der Waals surface area contributed by atoms with E-state index in [0.29, 0.717) is 11.6 Å². The van der Waals surface area contributed by atoms with Crippen molar-refractivity contribution in [3.05, 3.63) is 12.4 Å². The summed E-state index contributed by atoms with van der Waals surface area (Å²) in [5.74, 6) is 1.24. The molecule has 4 N–H and O–H groups in total. The molecule has 0 spiro atoms. The average Bonchev–Trinajstić information content (AvgIpc) is 2.28. The van der Waals surface area contributed by atoms with E-state index in [0.717, 1.165) is 6.54 Å². The van der Waals surface area contributed by atoms with Crippen LogP contribution in [-0.2, 0) is 0 Å². The minimum absolute atomic E-state index is 0.216. The Morgan fingerprint density at radius 2 is 1.94 bits per heavy atom. The summed E-state index contributed by atoms with van der Waals surface area (Å²) in [6.07, 6.45) is 3.19. The first kappa shape index (κ1) is 12.7. The third-order valence-corrected chi connectivity index (χ3v) is 1.98. The maximum Gasteiger partial charge on any atom is 0.147 e. The summed E-state index contributed by atoms with van der Waals surface area (Å²) >= 11 is 0. The second-order valence-corrected chi connectivity index (χ2v) is 3.83. The topological polar surface area (TPSA) is 90.3 Å². The summed E-state index contributed by atoms with van der Waals surface area (Å²) in [5, 5.41) is 24.4. The summed E-state index contributed by atoms with van der Waals surface area (Å²) < 4.78 is 0. The van der Waals surface area contributed by atoms with Gasteiger partial charge in [0, 0.05) is 13.1 Å². The Bertz CT molecular complexity index is 330. The van der Waals surface area contributed by atoms with E-state index in [1.165, 1.54) is 0 Å². The van der Waals surface area contributed by atoms with Gasteiger partial charge in [0.15, 0.2) is 0 Å². The minimum atomic E-state index is -1.16. The summed E-state index contributed by atoms with van der Waals surface area (Å²) in [6, 6.07) is 0. The lowest BCUT2D eigenvalue weighted by atomic mass is 10.1. The Kier molecular flexibility index (Phi) is 4.45. The molecular weight excluding hydrogens is 208 g/mol. The smallest absolute Gasteiger partial charge is 0.147 e. The second-order valence-electron chi connectivity index (χ2n) is 3.83. The fraction of sp³-hybridized carbons (Fsp3) is 0.600. The molecule has 1 aromatic heterocycles. The van der Waals surface area contributed by atoms with Gasteiger partial charge in [-0.3, -0.25) is 4.98 Å². The number of nitrogens with zero attached hydrogens (tertiary/aromatic N) is 2. The molecule has 0 aliphatic rings. The Morgan fingerprint density at radius 1 is 1.31 bits per heavy atom. The van der Waals surface area contributed by atoms with Crippen molar-refractivity contribution in [2.24, 2.45) is 0 Å². The fourth-order valence-electron chi connectivity index (χ4n) is 1.05. The first-order chi connectivity index (χ1) is 7.57. The lowest BCUT2D eigenvalue weighted by Crippen LogP contribution is -2.37. The van der Waals surface area contributed by atoms with Crippen LogP contribution in [0.25, 0.3) is 0 Å². The van der Waals surface area contributed by atoms with Gasteiger partial charge in [-0.1, -0.05) is 0 Å². The van der Waals surface area contributed by atoms with Crippen LogP contribution >= 0.6 is 0 Å². The third kappa shape index (κ3) is 4.00. The molecule has 0 saturated heterocycles. The lowest BCUT2D eigenvalue weighted by Gasteiger charge is -2.20. The summed E-state index contributed by atoms with van der Waals surface area (Å²) in [6.45, 7) is 4.19. The molecule has 0 aromatic carbocycles. The van der Waals surface area contributed by atoms with Crippen molar-refractivity contribution in [2.75, 3.05) is 30.3 Å². The summed E-state index contributed by atoms with van der Waals surface area (Å²) in [4.78, 5) is 8.22. The molecule has 0 radical (unpaired) electrons. The molecular formula is C10H18N4O2. The average molecular weight is 226 g/mol. The zero-order chi connectivity index (χ0) is 12.0. The van der Waals surface area contributed by atoms with E-state index < -0.39 is 5.60 Å². The zero-order valence-corrected chi connectivity index (χ0v) is 9.56. The number of hydrogen-bond donors (Lipinski definition) is 4. The van der Waals surface area contributed by atoms with Gasteiger partial charge < -0.3 is 20.8 Å². The van der Waals surface area contributed by atoms with E-state index in [4.69, 9.17) is 5.11 Å². The van der Waals surface area contributed by atoms with Gasteiger partial charge in [0.25, 0.3) is 0 Å². The van der Waals surface area contributed by atoms with Crippen LogP contribution in [-0.4, -0.2) is 45.5 Å². The molecule has 6 nitrogen and oxygen atoms in total. The van der Waals surface area contributed by atoms with Crippen molar-refractivity contribution in [3.8, 4) is 0 Å². The maximum absolute atomic E-state index is 9.58. The molecule has 0 saturated carbocycles. The number of rotatable bonds is 6. The highest BCUT2D eigenvalue weighted by molar-refractivity contribution is 5.41. The molecule has 1 unspecified atom stereocenters. The molecule has 1 aromatic rings. The second kappa shape index (κ2) is 5.62. The van der Waals surface area contributed by atoms with Crippen LogP contribution in [0, 0.1) is 0 Å². The van der Waals surface area contributed by atoms with Gasteiger partial charge >= 0.3 is 0 Å². The van der Waals surface area contributed by atoms with Crippen LogP contribution in [0.5, 0.6) is 0 Å². The first-order valence-electron chi connectivity index (χ1n) is 5.20. The predicted octanol–water partition coefficient (Wildman–Crippen LogP) is 0.0636. The number of aliphatic hydroxyl groups is 2. The van der Waals surface area contributed by atoms with Crippen LogP contribution < -0.4 is 10.6 Å². The molecule has 6 heteroatoms. The highest BCUT2D eigenvalue weighted by Crippen LogP contribution is 2.08. The Labute approximate surface area is 94.7 Å².